The molecular weight excluding hydrogens is 564 g/mol. The molecule has 9 nitrogen and oxygen atoms in total. The second kappa shape index (κ2) is 13.7. The maximum Gasteiger partial charge on any atom is 0.251 e. The summed E-state index contributed by atoms with van der Waals surface area (Å²) < 4.78 is 30.5. The second-order valence-electron chi connectivity index (χ2n) is 11.3. The molecule has 1 saturated carbocycles. The third-order valence-electron chi connectivity index (χ3n) is 8.29. The topological polar surface area (TPSA) is 108 Å². The van der Waals surface area contributed by atoms with Crippen molar-refractivity contribution in [3.05, 3.63) is 90.0 Å². The molecule has 228 valence electrons. The molecule has 0 radical (unpaired) electrons. The van der Waals surface area contributed by atoms with Gasteiger partial charge in [-0.15, -0.1) is 0 Å². The zero-order valence-electron chi connectivity index (χ0n) is 24.7. The van der Waals surface area contributed by atoms with E-state index in [1.165, 1.54) is 16.1 Å². The van der Waals surface area contributed by atoms with Crippen molar-refractivity contribution < 1.29 is 22.7 Å². The Morgan fingerprint density at radius 3 is 2.19 bits per heavy atom. The summed E-state index contributed by atoms with van der Waals surface area (Å²) in [5, 5.41) is 6.57. The summed E-state index contributed by atoms with van der Waals surface area (Å²) in [4.78, 5) is 28.5. The first-order valence-corrected chi connectivity index (χ1v) is 16.7. The summed E-state index contributed by atoms with van der Waals surface area (Å²) >= 11 is 0. The Kier molecular flexibility index (Phi) is 9.79. The minimum absolute atomic E-state index is 0.176. The van der Waals surface area contributed by atoms with Crippen LogP contribution in [0.3, 0.4) is 0 Å². The van der Waals surface area contributed by atoms with E-state index in [0.29, 0.717) is 43.5 Å². The number of carbonyl (C=O) groups is 2. The van der Waals surface area contributed by atoms with E-state index in [-0.39, 0.29) is 24.9 Å². The van der Waals surface area contributed by atoms with Crippen molar-refractivity contribution in [2.24, 2.45) is 0 Å². The van der Waals surface area contributed by atoms with Crippen LogP contribution in [-0.4, -0.2) is 87.6 Å². The lowest BCUT2D eigenvalue weighted by atomic mass is 10.0. The highest BCUT2D eigenvalue weighted by atomic mass is 32.2. The quantitative estimate of drug-likeness (QED) is 0.307. The molecule has 1 saturated heterocycles. The van der Waals surface area contributed by atoms with Gasteiger partial charge in [0.1, 0.15) is 11.8 Å². The van der Waals surface area contributed by atoms with E-state index in [4.69, 9.17) is 4.74 Å². The SMILES string of the molecule is COc1ccc([C@@H]2CC2NCCC[C@H](NC(=O)c2ccc(-c3ccccc3)cc2)C(=O)N2CCN(S(C)(=O)=O)CC2)cc1. The van der Waals surface area contributed by atoms with Gasteiger partial charge in [0.15, 0.2) is 0 Å². The van der Waals surface area contributed by atoms with Gasteiger partial charge < -0.3 is 20.3 Å². The monoisotopic (exact) mass is 604 g/mol. The van der Waals surface area contributed by atoms with Gasteiger partial charge in [-0.2, -0.15) is 4.31 Å². The number of piperazine rings is 1. The Morgan fingerprint density at radius 1 is 0.907 bits per heavy atom. The lowest BCUT2D eigenvalue weighted by molar-refractivity contribution is -0.134. The number of nitrogens with zero attached hydrogens (tertiary/aromatic N) is 2. The van der Waals surface area contributed by atoms with Crippen LogP contribution in [0.25, 0.3) is 11.1 Å². The Bertz CT molecular complexity index is 1490. The highest BCUT2D eigenvalue weighted by molar-refractivity contribution is 7.88. The average Bonchev–Trinajstić information content (AvgIpc) is 3.82. The van der Waals surface area contributed by atoms with Crippen molar-refractivity contribution in [3.63, 3.8) is 0 Å². The summed E-state index contributed by atoms with van der Waals surface area (Å²) in [5.41, 5.74) is 3.84. The van der Waals surface area contributed by atoms with Gasteiger partial charge >= 0.3 is 0 Å². The Labute approximate surface area is 254 Å². The smallest absolute Gasteiger partial charge is 0.251 e. The molecule has 10 heteroatoms. The maximum atomic E-state index is 13.6. The van der Waals surface area contributed by atoms with E-state index in [9.17, 15) is 18.0 Å². The third-order valence-corrected chi connectivity index (χ3v) is 9.59. The van der Waals surface area contributed by atoms with E-state index >= 15 is 0 Å². The summed E-state index contributed by atoms with van der Waals surface area (Å²) in [6.07, 6.45) is 3.43. The van der Waals surface area contributed by atoms with Crippen LogP contribution in [0.2, 0.25) is 0 Å². The number of hydrogen-bond acceptors (Lipinski definition) is 6. The number of rotatable bonds is 12. The van der Waals surface area contributed by atoms with Crippen LogP contribution in [0.15, 0.2) is 78.9 Å². The first kappa shape index (κ1) is 30.7. The largest absolute Gasteiger partial charge is 0.497 e. The van der Waals surface area contributed by atoms with Gasteiger partial charge in [-0.3, -0.25) is 9.59 Å². The van der Waals surface area contributed by atoms with E-state index in [1.807, 2.05) is 54.6 Å². The van der Waals surface area contributed by atoms with Gasteiger partial charge in [0.05, 0.1) is 13.4 Å². The Morgan fingerprint density at radius 2 is 1.56 bits per heavy atom. The zero-order chi connectivity index (χ0) is 30.4. The van der Waals surface area contributed by atoms with E-state index in [1.54, 1.807) is 24.1 Å². The van der Waals surface area contributed by atoms with Crippen molar-refractivity contribution in [1.82, 2.24) is 19.8 Å². The van der Waals surface area contributed by atoms with Crippen LogP contribution in [0.5, 0.6) is 5.75 Å². The molecule has 2 amide bonds. The predicted octanol–water partition coefficient (Wildman–Crippen LogP) is 3.49. The van der Waals surface area contributed by atoms with Crippen LogP contribution in [0.4, 0.5) is 0 Å². The number of sulfonamides is 1. The molecule has 0 spiro atoms. The summed E-state index contributed by atoms with van der Waals surface area (Å²) in [6.45, 7) is 1.83. The molecular formula is C33H40N4O5S. The number of benzene rings is 3. The number of carbonyl (C=O) groups excluding carboxylic acids is 2. The fourth-order valence-corrected chi connectivity index (χ4v) is 6.46. The molecule has 2 fully saturated rings. The van der Waals surface area contributed by atoms with Crippen molar-refractivity contribution >= 4 is 21.8 Å². The lowest BCUT2D eigenvalue weighted by Gasteiger charge is -2.35. The lowest BCUT2D eigenvalue weighted by Crippen LogP contribution is -2.55. The summed E-state index contributed by atoms with van der Waals surface area (Å²) in [7, 11) is -1.65. The highest BCUT2D eigenvalue weighted by Gasteiger charge is 2.38. The summed E-state index contributed by atoms with van der Waals surface area (Å²) in [6, 6.07) is 25.2. The third kappa shape index (κ3) is 8.01. The minimum Gasteiger partial charge on any atom is -0.497 e. The molecule has 2 N–H and O–H groups in total. The molecule has 0 aromatic heterocycles. The minimum atomic E-state index is -3.31. The van der Waals surface area contributed by atoms with Crippen LogP contribution >= 0.6 is 0 Å². The van der Waals surface area contributed by atoms with Crippen molar-refractivity contribution in [3.8, 4) is 16.9 Å². The number of nitrogens with one attached hydrogen (secondary N) is 2. The molecule has 1 aliphatic heterocycles. The van der Waals surface area contributed by atoms with Gasteiger partial charge in [0.2, 0.25) is 15.9 Å². The number of methoxy groups -OCH3 is 1. The predicted molar refractivity (Wildman–Crippen MR) is 168 cm³/mol. The molecule has 1 aliphatic carbocycles. The van der Waals surface area contributed by atoms with Gasteiger partial charge in [-0.1, -0.05) is 54.6 Å². The normalized spacial score (nSPS) is 19.4. The van der Waals surface area contributed by atoms with E-state index < -0.39 is 16.1 Å². The van der Waals surface area contributed by atoms with Crippen molar-refractivity contribution in [2.45, 2.75) is 37.3 Å². The molecule has 1 unspecified atom stereocenters. The summed E-state index contributed by atoms with van der Waals surface area (Å²) in [5.74, 6) is 0.831. The van der Waals surface area contributed by atoms with Gasteiger partial charge in [-0.05, 0) is 66.8 Å². The Balaban J connectivity index is 1.18. The maximum absolute atomic E-state index is 13.6. The molecule has 5 rings (SSSR count). The fourth-order valence-electron chi connectivity index (χ4n) is 5.64. The average molecular weight is 605 g/mol. The molecule has 2 aliphatic rings. The standard InChI is InChI=1S/C33H40N4O5S/c1-42-28-16-14-26(15-17-28)29-23-31(29)34-18-6-9-30(33(39)36-19-21-37(22-20-36)43(2,40)41)35-32(38)27-12-10-25(11-13-27)24-7-4-3-5-8-24/h3-5,7-8,10-17,29-31,34H,6,9,18-23H2,1-2H3,(H,35,38)/t29-,30-,31?/m0/s1. The molecule has 0 bridgehead atoms. The van der Waals surface area contributed by atoms with Gasteiger partial charge in [0, 0.05) is 43.7 Å². The van der Waals surface area contributed by atoms with Crippen LogP contribution in [-0.2, 0) is 14.8 Å². The number of ether oxygens (including phenoxy) is 1. The molecule has 3 aromatic carbocycles. The molecule has 3 atom stereocenters. The molecule has 3 aromatic rings. The Hall–Kier alpha value is -3.73. The molecule has 1 heterocycles. The highest BCUT2D eigenvalue weighted by Crippen LogP contribution is 2.41. The van der Waals surface area contributed by atoms with Crippen molar-refractivity contribution in [1.29, 1.82) is 0 Å². The zero-order valence-corrected chi connectivity index (χ0v) is 25.6. The number of hydrogen-bond donors (Lipinski definition) is 2. The van der Waals surface area contributed by atoms with Crippen LogP contribution < -0.4 is 15.4 Å². The first-order valence-electron chi connectivity index (χ1n) is 14.8. The van der Waals surface area contributed by atoms with Crippen LogP contribution in [0.1, 0.15) is 41.1 Å². The fraction of sp³-hybridized carbons (Fsp3) is 0.394. The number of amides is 2. The first-order chi connectivity index (χ1) is 20.7. The van der Waals surface area contributed by atoms with Gasteiger partial charge in [0.25, 0.3) is 5.91 Å². The van der Waals surface area contributed by atoms with E-state index in [2.05, 4.69) is 22.8 Å². The second-order valence-corrected chi connectivity index (χ2v) is 13.3. The molecule has 43 heavy (non-hydrogen) atoms. The van der Waals surface area contributed by atoms with Crippen LogP contribution in [0, 0.1) is 0 Å². The van der Waals surface area contributed by atoms with Crippen molar-refractivity contribution in [2.75, 3.05) is 46.1 Å². The van der Waals surface area contributed by atoms with E-state index in [0.717, 1.165) is 29.8 Å². The van der Waals surface area contributed by atoms with Gasteiger partial charge in [-0.25, -0.2) is 8.42 Å².